The Labute approximate surface area is 107 Å². The SMILES string of the molecule is CCc1c(Cl)c(Cl)nc(OP(=O)(O)O)c1Cl. The maximum absolute atomic E-state index is 10.6. The third-order valence-corrected chi connectivity index (χ3v) is 3.24. The van der Waals surface area contributed by atoms with Crippen molar-refractivity contribution in [3.63, 3.8) is 0 Å². The van der Waals surface area contributed by atoms with Gasteiger partial charge in [0, 0.05) is 0 Å². The van der Waals surface area contributed by atoms with Gasteiger partial charge in [0.05, 0.1) is 5.02 Å². The molecule has 1 rings (SSSR count). The van der Waals surface area contributed by atoms with E-state index in [-0.39, 0.29) is 15.2 Å². The lowest BCUT2D eigenvalue weighted by Crippen LogP contribution is -1.98. The van der Waals surface area contributed by atoms with E-state index in [1.54, 1.807) is 6.92 Å². The van der Waals surface area contributed by atoms with Crippen LogP contribution in [-0.2, 0) is 11.0 Å². The maximum atomic E-state index is 10.6. The first-order valence-electron chi connectivity index (χ1n) is 4.04. The Morgan fingerprint density at radius 1 is 1.31 bits per heavy atom. The number of nitrogens with zero attached hydrogens (tertiary/aromatic N) is 1. The predicted molar refractivity (Wildman–Crippen MR) is 61.3 cm³/mol. The lowest BCUT2D eigenvalue weighted by atomic mass is 10.2. The fourth-order valence-corrected chi connectivity index (χ4v) is 2.25. The maximum Gasteiger partial charge on any atom is 0.526 e. The zero-order chi connectivity index (χ0) is 12.5. The number of rotatable bonds is 3. The summed E-state index contributed by atoms with van der Waals surface area (Å²) in [6.45, 7) is 1.75. The Morgan fingerprint density at radius 3 is 2.31 bits per heavy atom. The predicted octanol–water partition coefficient (Wildman–Crippen LogP) is 3.08. The second-order valence-electron chi connectivity index (χ2n) is 2.75. The summed E-state index contributed by atoms with van der Waals surface area (Å²) in [5.41, 5.74) is 0.423. The molecule has 0 amide bonds. The Bertz CT molecular complexity index is 461. The molecule has 2 N–H and O–H groups in total. The monoisotopic (exact) mass is 305 g/mol. The number of phosphoric ester groups is 1. The van der Waals surface area contributed by atoms with E-state index in [0.717, 1.165) is 0 Å². The van der Waals surface area contributed by atoms with Gasteiger partial charge in [-0.25, -0.2) is 4.57 Å². The van der Waals surface area contributed by atoms with Gasteiger partial charge in [0.15, 0.2) is 5.15 Å². The summed E-state index contributed by atoms with van der Waals surface area (Å²) in [7, 11) is -4.73. The van der Waals surface area contributed by atoms with Crippen LogP contribution in [0.3, 0.4) is 0 Å². The van der Waals surface area contributed by atoms with Crippen molar-refractivity contribution in [2.75, 3.05) is 0 Å². The van der Waals surface area contributed by atoms with Crippen molar-refractivity contribution in [3.8, 4) is 5.88 Å². The van der Waals surface area contributed by atoms with Crippen LogP contribution >= 0.6 is 42.6 Å². The minimum absolute atomic E-state index is 0.0553. The summed E-state index contributed by atoms with van der Waals surface area (Å²) in [6.07, 6.45) is 0.428. The molecule has 0 aliphatic heterocycles. The van der Waals surface area contributed by atoms with Gasteiger partial charge >= 0.3 is 7.82 Å². The van der Waals surface area contributed by atoms with Gasteiger partial charge in [0.25, 0.3) is 0 Å². The summed E-state index contributed by atoms with van der Waals surface area (Å²) in [6, 6.07) is 0. The second-order valence-corrected chi connectivity index (χ2v) is 5.03. The Hall–Kier alpha value is -0.0300. The third-order valence-electron chi connectivity index (χ3n) is 1.66. The number of halogens is 3. The average Bonchev–Trinajstić information content (AvgIpc) is 2.13. The molecule has 1 aromatic rings. The average molecular weight is 306 g/mol. The Morgan fingerprint density at radius 2 is 1.88 bits per heavy atom. The normalized spacial score (nSPS) is 11.6. The number of hydrogen-bond donors (Lipinski definition) is 2. The van der Waals surface area contributed by atoms with Crippen LogP contribution in [0.4, 0.5) is 0 Å². The van der Waals surface area contributed by atoms with Crippen LogP contribution < -0.4 is 4.52 Å². The molecule has 0 aromatic carbocycles. The zero-order valence-electron chi connectivity index (χ0n) is 7.95. The summed E-state index contributed by atoms with van der Waals surface area (Å²) in [5.74, 6) is -0.429. The highest BCUT2D eigenvalue weighted by Crippen LogP contribution is 2.43. The van der Waals surface area contributed by atoms with Crippen molar-refractivity contribution in [1.29, 1.82) is 0 Å². The van der Waals surface area contributed by atoms with Crippen molar-refractivity contribution in [1.82, 2.24) is 4.98 Å². The van der Waals surface area contributed by atoms with Crippen molar-refractivity contribution >= 4 is 42.6 Å². The minimum atomic E-state index is -4.73. The molecule has 0 atom stereocenters. The number of aromatic nitrogens is 1. The van der Waals surface area contributed by atoms with E-state index >= 15 is 0 Å². The van der Waals surface area contributed by atoms with Crippen molar-refractivity contribution < 1.29 is 18.9 Å². The van der Waals surface area contributed by atoms with Crippen molar-refractivity contribution in [2.45, 2.75) is 13.3 Å². The third kappa shape index (κ3) is 3.23. The van der Waals surface area contributed by atoms with E-state index in [4.69, 9.17) is 44.6 Å². The van der Waals surface area contributed by atoms with Gasteiger partial charge in [-0.15, -0.1) is 0 Å². The molecule has 0 spiro atoms. The number of pyridine rings is 1. The van der Waals surface area contributed by atoms with Crippen LogP contribution in [-0.4, -0.2) is 14.8 Å². The molecular weight excluding hydrogens is 299 g/mol. The molecule has 5 nitrogen and oxygen atoms in total. The molecule has 1 aromatic heterocycles. The first-order valence-corrected chi connectivity index (χ1v) is 6.71. The molecule has 0 saturated heterocycles. The summed E-state index contributed by atoms with van der Waals surface area (Å²) < 4.78 is 14.9. The standard InChI is InChI=1S/C7H7Cl3NO4P/c1-2-3-4(8)6(10)11-7(5(3)9)15-16(12,13)14/h2H2,1H3,(H2,12,13,14). The van der Waals surface area contributed by atoms with Gasteiger partial charge in [0.1, 0.15) is 5.02 Å². The molecular formula is C7H7Cl3NO4P. The van der Waals surface area contributed by atoms with E-state index in [1.165, 1.54) is 0 Å². The Kier molecular flexibility index (Phi) is 4.46. The van der Waals surface area contributed by atoms with Crippen LogP contribution in [0.15, 0.2) is 0 Å². The number of phosphoric acid groups is 1. The first kappa shape index (κ1) is 14.0. The first-order chi connectivity index (χ1) is 7.26. The van der Waals surface area contributed by atoms with Crippen molar-refractivity contribution in [2.24, 2.45) is 0 Å². The fourth-order valence-electron chi connectivity index (χ4n) is 1.02. The topological polar surface area (TPSA) is 79.7 Å². The molecule has 9 heteroatoms. The highest BCUT2D eigenvalue weighted by Gasteiger charge is 2.23. The highest BCUT2D eigenvalue weighted by atomic mass is 35.5. The molecule has 0 saturated carbocycles. The molecule has 0 unspecified atom stereocenters. The van der Waals surface area contributed by atoms with Gasteiger partial charge < -0.3 is 4.52 Å². The molecule has 0 aliphatic rings. The highest BCUT2D eigenvalue weighted by molar-refractivity contribution is 7.46. The molecule has 0 bridgehead atoms. The van der Waals surface area contributed by atoms with Gasteiger partial charge in [-0.1, -0.05) is 41.7 Å². The van der Waals surface area contributed by atoms with Gasteiger partial charge in [-0.05, 0) is 12.0 Å². The van der Waals surface area contributed by atoms with Crippen LogP contribution in [0.25, 0.3) is 0 Å². The quantitative estimate of drug-likeness (QED) is 0.662. The lowest BCUT2D eigenvalue weighted by molar-refractivity contribution is 0.279. The van der Waals surface area contributed by atoms with E-state index in [9.17, 15) is 4.57 Å². The van der Waals surface area contributed by atoms with E-state index in [0.29, 0.717) is 12.0 Å². The Balaban J connectivity index is 3.32. The smallest absolute Gasteiger partial charge is 0.384 e. The van der Waals surface area contributed by atoms with E-state index in [2.05, 4.69) is 9.51 Å². The zero-order valence-corrected chi connectivity index (χ0v) is 11.1. The van der Waals surface area contributed by atoms with Gasteiger partial charge in [-0.2, -0.15) is 4.98 Å². The minimum Gasteiger partial charge on any atom is -0.384 e. The molecule has 0 fully saturated rings. The number of hydrogen-bond acceptors (Lipinski definition) is 3. The molecule has 16 heavy (non-hydrogen) atoms. The summed E-state index contributed by atoms with van der Waals surface area (Å²) in [4.78, 5) is 20.8. The van der Waals surface area contributed by atoms with Crippen LogP contribution in [0.2, 0.25) is 15.2 Å². The van der Waals surface area contributed by atoms with Gasteiger partial charge in [-0.3, -0.25) is 9.79 Å². The molecule has 0 radical (unpaired) electrons. The molecule has 0 aliphatic carbocycles. The van der Waals surface area contributed by atoms with Crippen LogP contribution in [0.1, 0.15) is 12.5 Å². The van der Waals surface area contributed by atoms with E-state index < -0.39 is 13.7 Å². The second kappa shape index (κ2) is 5.08. The van der Waals surface area contributed by atoms with Crippen LogP contribution in [0, 0.1) is 0 Å². The fraction of sp³-hybridized carbons (Fsp3) is 0.286. The summed E-state index contributed by atoms with van der Waals surface area (Å²) >= 11 is 17.3. The van der Waals surface area contributed by atoms with E-state index in [1.807, 2.05) is 0 Å². The van der Waals surface area contributed by atoms with Gasteiger partial charge in [0.2, 0.25) is 5.88 Å². The van der Waals surface area contributed by atoms with Crippen molar-refractivity contribution in [3.05, 3.63) is 20.8 Å². The van der Waals surface area contributed by atoms with Crippen LogP contribution in [0.5, 0.6) is 5.88 Å². The molecule has 90 valence electrons. The molecule has 1 heterocycles. The lowest BCUT2D eigenvalue weighted by Gasteiger charge is -2.12. The largest absolute Gasteiger partial charge is 0.526 e. The summed E-state index contributed by atoms with van der Waals surface area (Å²) in [5, 5.41) is -0.0289.